The molecular weight excluding hydrogens is 126 g/mol. The molecule has 0 radical (unpaired) electrons. The van der Waals surface area contributed by atoms with E-state index in [9.17, 15) is 5.11 Å². The van der Waals surface area contributed by atoms with E-state index in [1.807, 2.05) is 6.07 Å². The van der Waals surface area contributed by atoms with Crippen molar-refractivity contribution in [3.8, 4) is 6.07 Å². The van der Waals surface area contributed by atoms with Gasteiger partial charge in [-0.15, -0.1) is 0 Å². The summed E-state index contributed by atoms with van der Waals surface area (Å²) in [6, 6.07) is 1.99. The maximum absolute atomic E-state index is 9.33. The molecule has 1 atom stereocenters. The standard InChI is InChI=1S/C8H13NO/c9-6-5-8(10)7-3-1-2-4-7/h7-8,10H,1-5H2/t8-/m1/s1. The van der Waals surface area contributed by atoms with Gasteiger partial charge in [-0.2, -0.15) is 5.26 Å². The first-order chi connectivity index (χ1) is 4.84. The highest BCUT2D eigenvalue weighted by Crippen LogP contribution is 2.28. The Balaban J connectivity index is 2.26. The van der Waals surface area contributed by atoms with Crippen molar-refractivity contribution >= 4 is 0 Å². The van der Waals surface area contributed by atoms with Crippen LogP contribution in [0, 0.1) is 17.2 Å². The molecule has 1 fully saturated rings. The van der Waals surface area contributed by atoms with E-state index in [1.54, 1.807) is 0 Å². The molecule has 1 saturated carbocycles. The minimum absolute atomic E-state index is 0.310. The molecule has 0 unspecified atom stereocenters. The second-order valence-corrected chi connectivity index (χ2v) is 2.97. The van der Waals surface area contributed by atoms with Gasteiger partial charge in [0.15, 0.2) is 0 Å². The topological polar surface area (TPSA) is 44.0 Å². The van der Waals surface area contributed by atoms with Crippen LogP contribution in [-0.2, 0) is 0 Å². The van der Waals surface area contributed by atoms with Gasteiger partial charge in [0, 0.05) is 0 Å². The van der Waals surface area contributed by atoms with E-state index in [1.165, 1.54) is 12.8 Å². The van der Waals surface area contributed by atoms with Gasteiger partial charge in [-0.05, 0) is 18.8 Å². The highest BCUT2D eigenvalue weighted by atomic mass is 16.3. The Morgan fingerprint density at radius 1 is 1.50 bits per heavy atom. The summed E-state index contributed by atoms with van der Waals surface area (Å²) < 4.78 is 0. The summed E-state index contributed by atoms with van der Waals surface area (Å²) in [5.74, 6) is 0.416. The number of hydrogen-bond donors (Lipinski definition) is 1. The first-order valence-corrected chi connectivity index (χ1v) is 3.89. The first-order valence-electron chi connectivity index (χ1n) is 3.89. The number of aliphatic hydroxyl groups is 1. The fourth-order valence-electron chi connectivity index (χ4n) is 1.60. The minimum Gasteiger partial charge on any atom is -0.392 e. The molecule has 56 valence electrons. The van der Waals surface area contributed by atoms with Crippen molar-refractivity contribution in [1.29, 1.82) is 5.26 Å². The van der Waals surface area contributed by atoms with Crippen molar-refractivity contribution in [3.63, 3.8) is 0 Å². The Morgan fingerprint density at radius 2 is 2.10 bits per heavy atom. The van der Waals surface area contributed by atoms with Crippen LogP contribution in [0.1, 0.15) is 32.1 Å². The molecule has 10 heavy (non-hydrogen) atoms. The maximum Gasteiger partial charge on any atom is 0.0698 e. The second-order valence-electron chi connectivity index (χ2n) is 2.97. The van der Waals surface area contributed by atoms with Crippen molar-refractivity contribution in [2.75, 3.05) is 0 Å². The molecule has 1 N–H and O–H groups in total. The second kappa shape index (κ2) is 3.58. The zero-order valence-corrected chi connectivity index (χ0v) is 6.08. The molecule has 0 aromatic rings. The van der Waals surface area contributed by atoms with Crippen LogP contribution in [0.5, 0.6) is 0 Å². The van der Waals surface area contributed by atoms with Crippen LogP contribution in [-0.4, -0.2) is 11.2 Å². The quantitative estimate of drug-likeness (QED) is 0.629. The van der Waals surface area contributed by atoms with Crippen molar-refractivity contribution in [1.82, 2.24) is 0 Å². The van der Waals surface area contributed by atoms with Gasteiger partial charge in [-0.25, -0.2) is 0 Å². The molecule has 0 saturated heterocycles. The van der Waals surface area contributed by atoms with Crippen LogP contribution in [0.4, 0.5) is 0 Å². The molecule has 0 spiro atoms. The van der Waals surface area contributed by atoms with Gasteiger partial charge >= 0.3 is 0 Å². The van der Waals surface area contributed by atoms with Crippen molar-refractivity contribution in [2.45, 2.75) is 38.2 Å². The van der Waals surface area contributed by atoms with Gasteiger partial charge in [-0.3, -0.25) is 0 Å². The third-order valence-corrected chi connectivity index (χ3v) is 2.24. The Labute approximate surface area is 61.5 Å². The van der Waals surface area contributed by atoms with E-state index in [2.05, 4.69) is 0 Å². The average molecular weight is 139 g/mol. The van der Waals surface area contributed by atoms with E-state index in [-0.39, 0.29) is 6.10 Å². The van der Waals surface area contributed by atoms with Gasteiger partial charge < -0.3 is 5.11 Å². The highest BCUT2D eigenvalue weighted by molar-refractivity contribution is 4.82. The van der Waals surface area contributed by atoms with Crippen LogP contribution >= 0.6 is 0 Å². The largest absolute Gasteiger partial charge is 0.392 e. The van der Waals surface area contributed by atoms with Crippen molar-refractivity contribution < 1.29 is 5.11 Å². The smallest absolute Gasteiger partial charge is 0.0698 e. The summed E-state index contributed by atoms with van der Waals surface area (Å²) in [4.78, 5) is 0. The lowest BCUT2D eigenvalue weighted by molar-refractivity contribution is 0.115. The monoisotopic (exact) mass is 139 g/mol. The summed E-state index contributed by atoms with van der Waals surface area (Å²) in [6.07, 6.45) is 4.64. The number of hydrogen-bond acceptors (Lipinski definition) is 2. The zero-order chi connectivity index (χ0) is 7.40. The van der Waals surface area contributed by atoms with E-state index in [4.69, 9.17) is 5.26 Å². The molecule has 2 nitrogen and oxygen atoms in total. The number of aliphatic hydroxyl groups excluding tert-OH is 1. The third-order valence-electron chi connectivity index (χ3n) is 2.24. The normalized spacial score (nSPS) is 22.4. The van der Waals surface area contributed by atoms with E-state index in [0.29, 0.717) is 12.3 Å². The SMILES string of the molecule is N#CC[C@@H](O)C1CCCC1. The highest BCUT2D eigenvalue weighted by Gasteiger charge is 2.22. The fraction of sp³-hybridized carbons (Fsp3) is 0.875. The summed E-state index contributed by atoms with van der Waals surface area (Å²) in [5.41, 5.74) is 0. The van der Waals surface area contributed by atoms with Crippen LogP contribution in [0.25, 0.3) is 0 Å². The lowest BCUT2D eigenvalue weighted by atomic mass is 9.99. The third kappa shape index (κ3) is 1.71. The number of rotatable bonds is 2. The maximum atomic E-state index is 9.33. The van der Waals surface area contributed by atoms with Gasteiger partial charge in [0.1, 0.15) is 0 Å². The molecule has 1 rings (SSSR count). The van der Waals surface area contributed by atoms with Crippen LogP contribution in [0.2, 0.25) is 0 Å². The Morgan fingerprint density at radius 3 is 2.60 bits per heavy atom. The lowest BCUT2D eigenvalue weighted by Gasteiger charge is -2.13. The molecule has 0 bridgehead atoms. The molecule has 0 aromatic heterocycles. The van der Waals surface area contributed by atoms with E-state index in [0.717, 1.165) is 12.8 Å². The summed E-state index contributed by atoms with van der Waals surface area (Å²) in [7, 11) is 0. The predicted molar refractivity (Wildman–Crippen MR) is 38.2 cm³/mol. The average Bonchev–Trinajstić information content (AvgIpc) is 2.38. The molecule has 0 heterocycles. The van der Waals surface area contributed by atoms with Gasteiger partial charge in [-0.1, -0.05) is 12.8 Å². The lowest BCUT2D eigenvalue weighted by Crippen LogP contribution is -2.16. The number of nitrogens with zero attached hydrogens (tertiary/aromatic N) is 1. The van der Waals surface area contributed by atoms with E-state index < -0.39 is 0 Å². The number of nitriles is 1. The van der Waals surface area contributed by atoms with Crippen LogP contribution in [0.15, 0.2) is 0 Å². The van der Waals surface area contributed by atoms with Crippen LogP contribution in [0.3, 0.4) is 0 Å². The summed E-state index contributed by atoms with van der Waals surface area (Å²) in [5, 5.41) is 17.6. The minimum atomic E-state index is -0.354. The molecule has 2 heteroatoms. The van der Waals surface area contributed by atoms with Gasteiger partial charge in [0.05, 0.1) is 18.6 Å². The molecule has 1 aliphatic rings. The van der Waals surface area contributed by atoms with E-state index >= 15 is 0 Å². The molecular formula is C8H13NO. The zero-order valence-electron chi connectivity index (χ0n) is 6.08. The van der Waals surface area contributed by atoms with Crippen molar-refractivity contribution in [2.24, 2.45) is 5.92 Å². The van der Waals surface area contributed by atoms with Gasteiger partial charge in [0.2, 0.25) is 0 Å². The molecule has 0 aliphatic heterocycles. The van der Waals surface area contributed by atoms with Crippen LogP contribution < -0.4 is 0 Å². The molecule has 0 aromatic carbocycles. The first kappa shape index (κ1) is 7.56. The predicted octanol–water partition coefficient (Wildman–Crippen LogP) is 1.45. The summed E-state index contributed by atoms with van der Waals surface area (Å²) in [6.45, 7) is 0. The Hall–Kier alpha value is -0.550. The molecule has 1 aliphatic carbocycles. The Kier molecular flexibility index (Phi) is 2.70. The van der Waals surface area contributed by atoms with Gasteiger partial charge in [0.25, 0.3) is 0 Å². The Bertz CT molecular complexity index is 133. The van der Waals surface area contributed by atoms with Crippen molar-refractivity contribution in [3.05, 3.63) is 0 Å². The summed E-state index contributed by atoms with van der Waals surface area (Å²) >= 11 is 0. The molecule has 0 amide bonds. The fourth-order valence-corrected chi connectivity index (χ4v) is 1.60.